The summed E-state index contributed by atoms with van der Waals surface area (Å²) < 4.78 is 10.4. The molecule has 0 aliphatic carbocycles. The van der Waals surface area contributed by atoms with Gasteiger partial charge in [-0.15, -0.1) is 0 Å². The molecule has 136 valence electrons. The van der Waals surface area contributed by atoms with Gasteiger partial charge in [0.25, 0.3) is 5.91 Å². The average Bonchev–Trinajstić information content (AvgIpc) is 2.69. The zero-order valence-electron chi connectivity index (χ0n) is 14.9. The summed E-state index contributed by atoms with van der Waals surface area (Å²) in [5, 5.41) is 2.85. The van der Waals surface area contributed by atoms with Gasteiger partial charge in [0, 0.05) is 23.9 Å². The van der Waals surface area contributed by atoms with Crippen LogP contribution in [-0.4, -0.2) is 38.6 Å². The fraction of sp³-hybridized carbons (Fsp3) is 0.300. The van der Waals surface area contributed by atoms with Crippen molar-refractivity contribution in [1.29, 1.82) is 0 Å². The number of anilines is 1. The molecule has 1 aliphatic rings. The lowest BCUT2D eigenvalue weighted by Gasteiger charge is -2.32. The molecule has 0 spiro atoms. The standard InChI is InChI=1S/C20H22N2O4/c1-25-16-11-14(12-17(13-16)26-2)19(23)21-18-9-6-10-22(20(18)24)15-7-4-3-5-8-15/h3-5,7-8,11-13,18H,6,9-10H2,1-2H3,(H,21,23). The Kier molecular flexibility index (Phi) is 5.41. The Balaban J connectivity index is 1.76. The van der Waals surface area contributed by atoms with E-state index in [9.17, 15) is 9.59 Å². The van der Waals surface area contributed by atoms with E-state index in [2.05, 4.69) is 5.32 Å². The van der Waals surface area contributed by atoms with Gasteiger partial charge in [0.2, 0.25) is 5.91 Å². The van der Waals surface area contributed by atoms with Crippen LogP contribution in [0.25, 0.3) is 0 Å². The minimum atomic E-state index is -0.548. The molecule has 3 rings (SSSR count). The fourth-order valence-corrected chi connectivity index (χ4v) is 3.05. The lowest BCUT2D eigenvalue weighted by atomic mass is 10.0. The number of piperidine rings is 1. The Morgan fingerprint density at radius 1 is 1.08 bits per heavy atom. The molecular formula is C20H22N2O4. The minimum absolute atomic E-state index is 0.0920. The minimum Gasteiger partial charge on any atom is -0.497 e. The van der Waals surface area contributed by atoms with Gasteiger partial charge in [-0.25, -0.2) is 0 Å². The molecule has 1 heterocycles. The second kappa shape index (κ2) is 7.91. The number of nitrogens with zero attached hydrogens (tertiary/aromatic N) is 1. The van der Waals surface area contributed by atoms with Crippen LogP contribution < -0.4 is 19.7 Å². The van der Waals surface area contributed by atoms with Gasteiger partial charge >= 0.3 is 0 Å². The molecule has 1 atom stereocenters. The number of ether oxygens (including phenoxy) is 2. The summed E-state index contributed by atoms with van der Waals surface area (Å²) in [5.41, 5.74) is 1.24. The van der Waals surface area contributed by atoms with Crippen LogP contribution in [0.2, 0.25) is 0 Å². The molecule has 0 saturated carbocycles. The van der Waals surface area contributed by atoms with Crippen LogP contribution in [0, 0.1) is 0 Å². The number of amides is 2. The quantitative estimate of drug-likeness (QED) is 0.896. The van der Waals surface area contributed by atoms with E-state index in [4.69, 9.17) is 9.47 Å². The first-order valence-corrected chi connectivity index (χ1v) is 8.52. The second-order valence-electron chi connectivity index (χ2n) is 6.10. The van der Waals surface area contributed by atoms with Crippen molar-refractivity contribution in [3.8, 4) is 11.5 Å². The monoisotopic (exact) mass is 354 g/mol. The number of nitrogens with one attached hydrogen (secondary N) is 1. The average molecular weight is 354 g/mol. The van der Waals surface area contributed by atoms with Crippen molar-refractivity contribution >= 4 is 17.5 Å². The number of rotatable bonds is 5. The van der Waals surface area contributed by atoms with Crippen LogP contribution in [0.15, 0.2) is 48.5 Å². The van der Waals surface area contributed by atoms with Crippen LogP contribution in [0.3, 0.4) is 0 Å². The van der Waals surface area contributed by atoms with Crippen molar-refractivity contribution in [2.45, 2.75) is 18.9 Å². The van der Waals surface area contributed by atoms with Gasteiger partial charge < -0.3 is 19.7 Å². The Morgan fingerprint density at radius 2 is 1.73 bits per heavy atom. The summed E-state index contributed by atoms with van der Waals surface area (Å²) in [6, 6.07) is 13.9. The Labute approximate surface area is 152 Å². The summed E-state index contributed by atoms with van der Waals surface area (Å²) in [6.07, 6.45) is 1.45. The molecule has 1 fully saturated rings. The maximum atomic E-state index is 12.8. The van der Waals surface area contributed by atoms with Crippen molar-refractivity contribution in [2.24, 2.45) is 0 Å². The van der Waals surface area contributed by atoms with E-state index in [1.54, 1.807) is 23.1 Å². The SMILES string of the molecule is COc1cc(OC)cc(C(=O)NC2CCCN(c3ccccc3)C2=O)c1. The van der Waals surface area contributed by atoms with E-state index in [-0.39, 0.29) is 11.8 Å². The third kappa shape index (κ3) is 3.79. The predicted molar refractivity (Wildman–Crippen MR) is 98.8 cm³/mol. The van der Waals surface area contributed by atoms with E-state index in [1.807, 2.05) is 30.3 Å². The van der Waals surface area contributed by atoms with Crippen LogP contribution >= 0.6 is 0 Å². The smallest absolute Gasteiger partial charge is 0.252 e. The second-order valence-corrected chi connectivity index (χ2v) is 6.10. The lowest BCUT2D eigenvalue weighted by Crippen LogP contribution is -2.52. The topological polar surface area (TPSA) is 67.9 Å². The van der Waals surface area contributed by atoms with Crippen molar-refractivity contribution in [2.75, 3.05) is 25.7 Å². The Morgan fingerprint density at radius 3 is 2.35 bits per heavy atom. The predicted octanol–water partition coefficient (Wildman–Crippen LogP) is 2.63. The fourth-order valence-electron chi connectivity index (χ4n) is 3.05. The van der Waals surface area contributed by atoms with Gasteiger partial charge in [-0.3, -0.25) is 9.59 Å². The van der Waals surface area contributed by atoms with Crippen LogP contribution in [0.4, 0.5) is 5.69 Å². The Hall–Kier alpha value is -3.02. The molecule has 6 nitrogen and oxygen atoms in total. The molecule has 2 aromatic rings. The van der Waals surface area contributed by atoms with E-state index < -0.39 is 6.04 Å². The van der Waals surface area contributed by atoms with E-state index >= 15 is 0 Å². The maximum absolute atomic E-state index is 12.8. The molecule has 0 aromatic heterocycles. The van der Waals surface area contributed by atoms with Crippen LogP contribution in [0.1, 0.15) is 23.2 Å². The van der Waals surface area contributed by atoms with Gasteiger partial charge in [-0.2, -0.15) is 0 Å². The van der Waals surface area contributed by atoms with Gasteiger partial charge in [0.15, 0.2) is 0 Å². The molecule has 1 aliphatic heterocycles. The number of para-hydroxylation sites is 1. The van der Waals surface area contributed by atoms with Gasteiger partial charge in [0.1, 0.15) is 17.5 Å². The van der Waals surface area contributed by atoms with Crippen molar-refractivity contribution < 1.29 is 19.1 Å². The summed E-state index contributed by atoms with van der Waals surface area (Å²) in [5.74, 6) is 0.631. The summed E-state index contributed by atoms with van der Waals surface area (Å²) in [7, 11) is 3.05. The molecule has 2 aromatic carbocycles. The molecule has 0 radical (unpaired) electrons. The highest BCUT2D eigenvalue weighted by Crippen LogP contribution is 2.24. The van der Waals surface area contributed by atoms with Crippen molar-refractivity contribution in [3.05, 3.63) is 54.1 Å². The molecule has 1 N–H and O–H groups in total. The molecule has 1 unspecified atom stereocenters. The van der Waals surface area contributed by atoms with Crippen LogP contribution in [0.5, 0.6) is 11.5 Å². The van der Waals surface area contributed by atoms with E-state index in [0.717, 1.165) is 12.1 Å². The molecule has 2 amide bonds. The number of hydrogen-bond donors (Lipinski definition) is 1. The Bertz CT molecular complexity index is 769. The van der Waals surface area contributed by atoms with Gasteiger partial charge in [-0.1, -0.05) is 18.2 Å². The molecule has 1 saturated heterocycles. The maximum Gasteiger partial charge on any atom is 0.252 e. The molecule has 0 bridgehead atoms. The number of benzene rings is 2. The normalized spacial score (nSPS) is 16.9. The highest BCUT2D eigenvalue weighted by atomic mass is 16.5. The number of methoxy groups -OCH3 is 2. The first-order chi connectivity index (χ1) is 12.6. The molecule has 6 heteroatoms. The highest BCUT2D eigenvalue weighted by Gasteiger charge is 2.31. The van der Waals surface area contributed by atoms with Crippen molar-refractivity contribution in [3.63, 3.8) is 0 Å². The number of hydrogen-bond acceptors (Lipinski definition) is 4. The molecule has 26 heavy (non-hydrogen) atoms. The first kappa shape index (κ1) is 17.8. The zero-order chi connectivity index (χ0) is 18.5. The van der Waals surface area contributed by atoms with Crippen molar-refractivity contribution in [1.82, 2.24) is 5.32 Å². The molecular weight excluding hydrogens is 332 g/mol. The van der Waals surface area contributed by atoms with E-state index in [1.165, 1.54) is 14.2 Å². The highest BCUT2D eigenvalue weighted by molar-refractivity contribution is 6.03. The summed E-state index contributed by atoms with van der Waals surface area (Å²) >= 11 is 0. The third-order valence-electron chi connectivity index (χ3n) is 4.43. The summed E-state index contributed by atoms with van der Waals surface area (Å²) in [6.45, 7) is 0.655. The third-order valence-corrected chi connectivity index (χ3v) is 4.43. The lowest BCUT2D eigenvalue weighted by molar-refractivity contribution is -0.121. The number of carbonyl (C=O) groups is 2. The number of carbonyl (C=O) groups excluding carboxylic acids is 2. The first-order valence-electron chi connectivity index (χ1n) is 8.52. The van der Waals surface area contributed by atoms with Crippen LogP contribution in [-0.2, 0) is 4.79 Å². The summed E-state index contributed by atoms with van der Waals surface area (Å²) in [4.78, 5) is 27.2. The van der Waals surface area contributed by atoms with Gasteiger partial charge in [-0.05, 0) is 37.1 Å². The van der Waals surface area contributed by atoms with E-state index in [0.29, 0.717) is 30.0 Å². The zero-order valence-corrected chi connectivity index (χ0v) is 14.9. The largest absolute Gasteiger partial charge is 0.497 e. The van der Waals surface area contributed by atoms with Gasteiger partial charge in [0.05, 0.1) is 14.2 Å².